The summed E-state index contributed by atoms with van der Waals surface area (Å²) in [6, 6.07) is 6.73. The first-order valence-corrected chi connectivity index (χ1v) is 8.07. The van der Waals surface area contributed by atoms with Crippen LogP contribution >= 0.6 is 11.6 Å². The molecule has 0 saturated carbocycles. The first kappa shape index (κ1) is 20.4. The van der Waals surface area contributed by atoms with E-state index in [1.54, 1.807) is 31.2 Å². The molecule has 136 valence electrons. The smallest absolute Gasteiger partial charge is 0.306 e. The van der Waals surface area contributed by atoms with E-state index < -0.39 is 17.8 Å². The van der Waals surface area contributed by atoms with Crippen LogP contribution < -0.4 is 16.2 Å². The van der Waals surface area contributed by atoms with E-state index in [9.17, 15) is 19.2 Å². The van der Waals surface area contributed by atoms with Gasteiger partial charge in [0.15, 0.2) is 0 Å². The molecule has 9 heteroatoms. The van der Waals surface area contributed by atoms with Crippen molar-refractivity contribution in [3.63, 3.8) is 0 Å². The normalized spacial score (nSPS) is 9.84. The fraction of sp³-hybridized carbons (Fsp3) is 0.375. The van der Waals surface area contributed by atoms with Crippen LogP contribution in [0.5, 0.6) is 0 Å². The number of carbonyl (C=O) groups excluding carboxylic acids is 4. The van der Waals surface area contributed by atoms with Gasteiger partial charge in [-0.05, 0) is 19.1 Å². The summed E-state index contributed by atoms with van der Waals surface area (Å²) < 4.78 is 4.68. The van der Waals surface area contributed by atoms with Crippen molar-refractivity contribution in [2.75, 3.05) is 11.9 Å². The zero-order valence-corrected chi connectivity index (χ0v) is 14.5. The van der Waals surface area contributed by atoms with Crippen LogP contribution in [-0.4, -0.2) is 30.3 Å². The Bertz CT molecular complexity index is 636. The minimum absolute atomic E-state index is 0.0736. The second kappa shape index (κ2) is 11.0. The summed E-state index contributed by atoms with van der Waals surface area (Å²) in [4.78, 5) is 45.9. The number of halogens is 1. The lowest BCUT2D eigenvalue weighted by Crippen LogP contribution is -2.41. The van der Waals surface area contributed by atoms with Gasteiger partial charge in [0, 0.05) is 19.3 Å². The maximum absolute atomic E-state index is 11.8. The molecular formula is C16H20ClN3O5. The van der Waals surface area contributed by atoms with Crippen LogP contribution in [0.3, 0.4) is 0 Å². The summed E-state index contributed by atoms with van der Waals surface area (Å²) in [5, 5.41) is 2.98. The molecule has 1 aromatic rings. The lowest BCUT2D eigenvalue weighted by Gasteiger charge is -2.08. The summed E-state index contributed by atoms with van der Waals surface area (Å²) in [7, 11) is 0. The third kappa shape index (κ3) is 8.71. The molecule has 0 aliphatic rings. The number of rotatable bonds is 8. The molecule has 0 aromatic heterocycles. The maximum Gasteiger partial charge on any atom is 0.306 e. The molecule has 25 heavy (non-hydrogen) atoms. The van der Waals surface area contributed by atoms with Crippen molar-refractivity contribution in [3.05, 3.63) is 29.3 Å². The van der Waals surface area contributed by atoms with Gasteiger partial charge in [-0.1, -0.05) is 23.7 Å². The number of anilines is 1. The molecule has 0 spiro atoms. The van der Waals surface area contributed by atoms with E-state index >= 15 is 0 Å². The minimum Gasteiger partial charge on any atom is -0.466 e. The Balaban J connectivity index is 2.22. The van der Waals surface area contributed by atoms with Gasteiger partial charge in [0.1, 0.15) is 0 Å². The van der Waals surface area contributed by atoms with Crippen molar-refractivity contribution < 1.29 is 23.9 Å². The SMILES string of the molecule is CCOC(=O)CCC(=O)NNC(=O)CCC(=O)Nc1ccccc1Cl. The molecule has 0 aliphatic carbocycles. The van der Waals surface area contributed by atoms with Crippen LogP contribution in [0, 0.1) is 0 Å². The number of benzene rings is 1. The van der Waals surface area contributed by atoms with Crippen LogP contribution in [0.1, 0.15) is 32.6 Å². The fourth-order valence-corrected chi connectivity index (χ4v) is 1.90. The quantitative estimate of drug-likeness (QED) is 0.475. The highest BCUT2D eigenvalue weighted by Gasteiger charge is 2.11. The summed E-state index contributed by atoms with van der Waals surface area (Å²) in [6.45, 7) is 1.91. The van der Waals surface area contributed by atoms with Gasteiger partial charge in [-0.15, -0.1) is 0 Å². The number of ether oxygens (including phenoxy) is 1. The monoisotopic (exact) mass is 369 g/mol. The predicted octanol–water partition coefficient (Wildman–Crippen LogP) is 1.55. The van der Waals surface area contributed by atoms with Crippen LogP contribution in [0.25, 0.3) is 0 Å². The second-order valence-electron chi connectivity index (χ2n) is 4.93. The first-order chi connectivity index (χ1) is 11.9. The summed E-state index contributed by atoms with van der Waals surface area (Å²) >= 11 is 5.91. The van der Waals surface area contributed by atoms with E-state index in [1.807, 2.05) is 0 Å². The third-order valence-electron chi connectivity index (χ3n) is 2.93. The molecule has 0 bridgehead atoms. The van der Waals surface area contributed by atoms with Crippen molar-refractivity contribution in [2.45, 2.75) is 32.6 Å². The molecular weight excluding hydrogens is 350 g/mol. The molecule has 3 amide bonds. The van der Waals surface area contributed by atoms with Gasteiger partial charge in [-0.3, -0.25) is 30.0 Å². The van der Waals surface area contributed by atoms with E-state index in [-0.39, 0.29) is 38.2 Å². The summed E-state index contributed by atoms with van der Waals surface area (Å²) in [6.07, 6.45) is -0.369. The van der Waals surface area contributed by atoms with Crippen molar-refractivity contribution in [2.24, 2.45) is 0 Å². The van der Waals surface area contributed by atoms with Gasteiger partial charge in [-0.25, -0.2) is 0 Å². The predicted molar refractivity (Wildman–Crippen MR) is 91.5 cm³/mol. The van der Waals surface area contributed by atoms with E-state index in [0.717, 1.165) is 0 Å². The zero-order chi connectivity index (χ0) is 18.7. The minimum atomic E-state index is -0.529. The number of esters is 1. The number of hydrogen-bond donors (Lipinski definition) is 3. The van der Waals surface area contributed by atoms with Crippen LogP contribution in [0.4, 0.5) is 5.69 Å². The van der Waals surface area contributed by atoms with Gasteiger partial charge >= 0.3 is 5.97 Å². The Kier molecular flexibility index (Phi) is 9.02. The topological polar surface area (TPSA) is 114 Å². The molecule has 0 fully saturated rings. The summed E-state index contributed by atoms with van der Waals surface area (Å²) in [5.41, 5.74) is 4.80. The highest BCUT2D eigenvalue weighted by Crippen LogP contribution is 2.20. The average Bonchev–Trinajstić information content (AvgIpc) is 2.58. The fourth-order valence-electron chi connectivity index (χ4n) is 1.72. The number of amides is 3. The Morgan fingerprint density at radius 3 is 2.08 bits per heavy atom. The third-order valence-corrected chi connectivity index (χ3v) is 3.26. The van der Waals surface area contributed by atoms with Crippen molar-refractivity contribution in [1.82, 2.24) is 10.9 Å². The average molecular weight is 370 g/mol. The molecule has 1 aromatic carbocycles. The molecule has 0 saturated heterocycles. The number of hydrazine groups is 1. The van der Waals surface area contributed by atoms with E-state index in [0.29, 0.717) is 10.7 Å². The molecule has 0 unspecified atom stereocenters. The van der Waals surface area contributed by atoms with Crippen LogP contribution in [0.2, 0.25) is 5.02 Å². The molecule has 0 atom stereocenters. The van der Waals surface area contributed by atoms with Gasteiger partial charge < -0.3 is 10.1 Å². The summed E-state index contributed by atoms with van der Waals surface area (Å²) in [5.74, 6) is -1.92. The van der Waals surface area contributed by atoms with Crippen LogP contribution in [0.15, 0.2) is 24.3 Å². The highest BCUT2D eigenvalue weighted by atomic mass is 35.5. The molecule has 1 rings (SSSR count). The maximum atomic E-state index is 11.8. The number of para-hydroxylation sites is 1. The van der Waals surface area contributed by atoms with Crippen LogP contribution in [-0.2, 0) is 23.9 Å². The molecule has 0 radical (unpaired) electrons. The molecule has 3 N–H and O–H groups in total. The van der Waals surface area contributed by atoms with Crippen molar-refractivity contribution in [1.29, 1.82) is 0 Å². The largest absolute Gasteiger partial charge is 0.466 e. The lowest BCUT2D eigenvalue weighted by molar-refractivity contribution is -0.144. The van der Waals surface area contributed by atoms with Gasteiger partial charge in [0.05, 0.1) is 23.7 Å². The molecule has 0 heterocycles. The van der Waals surface area contributed by atoms with Gasteiger partial charge in [0.25, 0.3) is 0 Å². The Hall–Kier alpha value is -2.61. The van der Waals surface area contributed by atoms with Gasteiger partial charge in [0.2, 0.25) is 17.7 Å². The highest BCUT2D eigenvalue weighted by molar-refractivity contribution is 6.33. The first-order valence-electron chi connectivity index (χ1n) is 7.70. The van der Waals surface area contributed by atoms with Crippen molar-refractivity contribution in [3.8, 4) is 0 Å². The molecule has 8 nitrogen and oxygen atoms in total. The Labute approximate surface area is 150 Å². The number of carbonyl (C=O) groups is 4. The van der Waals surface area contributed by atoms with Gasteiger partial charge in [-0.2, -0.15) is 0 Å². The van der Waals surface area contributed by atoms with E-state index in [1.165, 1.54) is 0 Å². The molecule has 0 aliphatic heterocycles. The van der Waals surface area contributed by atoms with E-state index in [2.05, 4.69) is 20.9 Å². The lowest BCUT2D eigenvalue weighted by atomic mass is 10.2. The Morgan fingerprint density at radius 1 is 0.920 bits per heavy atom. The number of nitrogens with one attached hydrogen (secondary N) is 3. The van der Waals surface area contributed by atoms with Crippen molar-refractivity contribution >= 4 is 41.0 Å². The zero-order valence-electron chi connectivity index (χ0n) is 13.8. The standard InChI is InChI=1S/C16H20ClN3O5/c1-2-25-16(24)10-9-15(23)20-19-14(22)8-7-13(21)18-12-6-4-3-5-11(12)17/h3-6H,2,7-10H2,1H3,(H,18,21)(H,19,22)(H,20,23). The van der Waals surface area contributed by atoms with E-state index in [4.69, 9.17) is 11.6 Å². The number of hydrogen-bond acceptors (Lipinski definition) is 5. The second-order valence-corrected chi connectivity index (χ2v) is 5.34. The Morgan fingerprint density at radius 2 is 1.48 bits per heavy atom.